The molecule has 144 valence electrons. The number of anilines is 2. The minimum Gasteiger partial charge on any atom is -0.495 e. The van der Waals surface area contributed by atoms with E-state index in [1.807, 2.05) is 73.3 Å². The predicted octanol–water partition coefficient (Wildman–Crippen LogP) is 4.88. The number of para-hydroxylation sites is 2. The SMILES string of the molecule is COc1ccccc1Nc1cc(C(=O)N(Cc2ccccc2)C(C)C)ccn1. The minimum atomic E-state index is -0.0238. The van der Waals surface area contributed by atoms with Gasteiger partial charge in [-0.25, -0.2) is 4.98 Å². The number of carbonyl (C=O) groups excluding carboxylic acids is 1. The Morgan fingerprint density at radius 2 is 1.79 bits per heavy atom. The first-order chi connectivity index (χ1) is 13.6. The van der Waals surface area contributed by atoms with Gasteiger partial charge in [0.1, 0.15) is 11.6 Å². The summed E-state index contributed by atoms with van der Waals surface area (Å²) in [6.45, 7) is 4.61. The highest BCUT2D eigenvalue weighted by molar-refractivity contribution is 5.95. The van der Waals surface area contributed by atoms with Crippen molar-refractivity contribution in [2.45, 2.75) is 26.4 Å². The van der Waals surface area contributed by atoms with Gasteiger partial charge in [-0.1, -0.05) is 42.5 Å². The molecule has 0 saturated heterocycles. The Bertz CT molecular complexity index is 926. The number of nitrogens with zero attached hydrogens (tertiary/aromatic N) is 2. The Balaban J connectivity index is 1.82. The Labute approximate surface area is 166 Å². The molecule has 5 heteroatoms. The molecule has 0 aliphatic carbocycles. The quantitative estimate of drug-likeness (QED) is 0.639. The molecule has 0 aliphatic heterocycles. The Kier molecular flexibility index (Phi) is 6.27. The van der Waals surface area contributed by atoms with E-state index in [9.17, 15) is 4.79 Å². The van der Waals surface area contributed by atoms with Gasteiger partial charge in [-0.05, 0) is 43.7 Å². The van der Waals surface area contributed by atoms with Gasteiger partial charge < -0.3 is 15.0 Å². The number of carbonyl (C=O) groups is 1. The molecule has 0 aliphatic rings. The van der Waals surface area contributed by atoms with E-state index in [4.69, 9.17) is 4.74 Å². The fraction of sp³-hybridized carbons (Fsp3) is 0.217. The third kappa shape index (κ3) is 4.68. The molecule has 3 rings (SSSR count). The summed E-state index contributed by atoms with van der Waals surface area (Å²) in [6.07, 6.45) is 1.64. The first-order valence-corrected chi connectivity index (χ1v) is 9.29. The molecular formula is C23H25N3O2. The number of aromatic nitrogens is 1. The third-order valence-corrected chi connectivity index (χ3v) is 4.46. The van der Waals surface area contributed by atoms with Crippen molar-refractivity contribution >= 4 is 17.4 Å². The van der Waals surface area contributed by atoms with Crippen molar-refractivity contribution < 1.29 is 9.53 Å². The Morgan fingerprint density at radius 1 is 1.07 bits per heavy atom. The highest BCUT2D eigenvalue weighted by atomic mass is 16.5. The van der Waals surface area contributed by atoms with Gasteiger partial charge in [-0.3, -0.25) is 4.79 Å². The number of ether oxygens (including phenoxy) is 1. The lowest BCUT2D eigenvalue weighted by atomic mass is 10.1. The van der Waals surface area contributed by atoms with Gasteiger partial charge in [-0.15, -0.1) is 0 Å². The van der Waals surface area contributed by atoms with Crippen molar-refractivity contribution in [1.29, 1.82) is 0 Å². The van der Waals surface area contributed by atoms with Gasteiger partial charge in [0.05, 0.1) is 12.8 Å². The van der Waals surface area contributed by atoms with E-state index >= 15 is 0 Å². The summed E-state index contributed by atoms with van der Waals surface area (Å²) in [5.74, 6) is 1.29. The highest BCUT2D eigenvalue weighted by Gasteiger charge is 2.19. The van der Waals surface area contributed by atoms with Crippen molar-refractivity contribution in [2.24, 2.45) is 0 Å². The molecule has 1 amide bonds. The molecule has 5 nitrogen and oxygen atoms in total. The molecular weight excluding hydrogens is 350 g/mol. The Morgan fingerprint density at radius 3 is 2.50 bits per heavy atom. The largest absolute Gasteiger partial charge is 0.495 e. The monoisotopic (exact) mass is 375 g/mol. The summed E-state index contributed by atoms with van der Waals surface area (Å²) in [7, 11) is 1.62. The molecule has 28 heavy (non-hydrogen) atoms. The third-order valence-electron chi connectivity index (χ3n) is 4.46. The van der Waals surface area contributed by atoms with Crippen LogP contribution in [0.3, 0.4) is 0 Å². The summed E-state index contributed by atoms with van der Waals surface area (Å²) >= 11 is 0. The van der Waals surface area contributed by atoms with Crippen LogP contribution in [-0.2, 0) is 6.54 Å². The maximum atomic E-state index is 13.2. The molecule has 0 radical (unpaired) electrons. The van der Waals surface area contributed by atoms with Crippen molar-refractivity contribution in [3.63, 3.8) is 0 Å². The van der Waals surface area contributed by atoms with Crippen molar-refractivity contribution in [1.82, 2.24) is 9.88 Å². The molecule has 1 aromatic heterocycles. The number of benzene rings is 2. The molecule has 3 aromatic rings. The minimum absolute atomic E-state index is 0.0238. The second-order valence-electron chi connectivity index (χ2n) is 6.77. The van der Waals surface area contributed by atoms with Crippen LogP contribution in [0.25, 0.3) is 0 Å². The zero-order valence-corrected chi connectivity index (χ0v) is 16.4. The predicted molar refractivity (Wildman–Crippen MR) is 112 cm³/mol. The van der Waals surface area contributed by atoms with Crippen LogP contribution in [0.1, 0.15) is 29.8 Å². The summed E-state index contributed by atoms with van der Waals surface area (Å²) in [5.41, 5.74) is 2.50. The van der Waals surface area contributed by atoms with Crippen molar-refractivity contribution in [3.05, 3.63) is 84.1 Å². The summed E-state index contributed by atoms with van der Waals surface area (Å²) in [5, 5.41) is 3.23. The number of pyridine rings is 1. The van der Waals surface area contributed by atoms with Gasteiger partial charge in [0.25, 0.3) is 5.91 Å². The van der Waals surface area contributed by atoms with Crippen LogP contribution in [0.15, 0.2) is 72.9 Å². The van der Waals surface area contributed by atoms with Crippen LogP contribution in [0, 0.1) is 0 Å². The highest BCUT2D eigenvalue weighted by Crippen LogP contribution is 2.26. The number of hydrogen-bond acceptors (Lipinski definition) is 4. The number of rotatable bonds is 7. The fourth-order valence-corrected chi connectivity index (χ4v) is 2.95. The lowest BCUT2D eigenvalue weighted by Crippen LogP contribution is -2.36. The summed E-state index contributed by atoms with van der Waals surface area (Å²) in [4.78, 5) is 19.4. The van der Waals surface area contributed by atoms with Gasteiger partial charge >= 0.3 is 0 Å². The van der Waals surface area contributed by atoms with Gasteiger partial charge in [-0.2, -0.15) is 0 Å². The summed E-state index contributed by atoms with van der Waals surface area (Å²) in [6, 6.07) is 21.2. The molecule has 0 saturated carbocycles. The average molecular weight is 375 g/mol. The van der Waals surface area contributed by atoms with E-state index in [1.54, 1.807) is 25.4 Å². The average Bonchev–Trinajstić information content (AvgIpc) is 2.72. The van der Waals surface area contributed by atoms with E-state index < -0.39 is 0 Å². The van der Waals surface area contributed by atoms with E-state index in [-0.39, 0.29) is 11.9 Å². The zero-order chi connectivity index (χ0) is 19.9. The summed E-state index contributed by atoms with van der Waals surface area (Å²) < 4.78 is 5.37. The lowest BCUT2D eigenvalue weighted by molar-refractivity contribution is 0.0690. The second-order valence-corrected chi connectivity index (χ2v) is 6.77. The molecule has 2 aromatic carbocycles. The lowest BCUT2D eigenvalue weighted by Gasteiger charge is -2.27. The standard InChI is InChI=1S/C23H25N3O2/c1-17(2)26(16-18-9-5-4-6-10-18)23(27)19-13-14-24-22(15-19)25-20-11-7-8-12-21(20)28-3/h4-15,17H,16H2,1-3H3,(H,24,25). The second kappa shape index (κ2) is 9.04. The number of methoxy groups -OCH3 is 1. The van der Waals surface area contributed by atoms with Crippen LogP contribution in [0.2, 0.25) is 0 Å². The molecule has 0 bridgehead atoms. The van der Waals surface area contributed by atoms with Gasteiger partial charge in [0.15, 0.2) is 0 Å². The zero-order valence-electron chi connectivity index (χ0n) is 16.4. The van der Waals surface area contributed by atoms with Gasteiger partial charge in [0.2, 0.25) is 0 Å². The van der Waals surface area contributed by atoms with Crippen LogP contribution in [0.5, 0.6) is 5.75 Å². The molecule has 0 atom stereocenters. The smallest absolute Gasteiger partial charge is 0.254 e. The molecule has 0 spiro atoms. The number of amides is 1. The van der Waals surface area contributed by atoms with Crippen molar-refractivity contribution in [2.75, 3.05) is 12.4 Å². The van der Waals surface area contributed by atoms with Crippen LogP contribution >= 0.6 is 0 Å². The number of nitrogens with one attached hydrogen (secondary N) is 1. The van der Waals surface area contributed by atoms with Crippen molar-refractivity contribution in [3.8, 4) is 5.75 Å². The topological polar surface area (TPSA) is 54.5 Å². The normalized spacial score (nSPS) is 10.6. The van der Waals surface area contributed by atoms with E-state index in [2.05, 4.69) is 10.3 Å². The van der Waals surface area contributed by atoms with E-state index in [0.29, 0.717) is 23.7 Å². The van der Waals surface area contributed by atoms with Crippen LogP contribution in [-0.4, -0.2) is 28.9 Å². The fourth-order valence-electron chi connectivity index (χ4n) is 2.95. The molecule has 1 heterocycles. The molecule has 0 unspecified atom stereocenters. The molecule has 1 N–H and O–H groups in total. The van der Waals surface area contributed by atoms with Crippen LogP contribution < -0.4 is 10.1 Å². The molecule has 0 fully saturated rings. The van der Waals surface area contributed by atoms with E-state index in [0.717, 1.165) is 11.3 Å². The number of hydrogen-bond donors (Lipinski definition) is 1. The maximum Gasteiger partial charge on any atom is 0.254 e. The van der Waals surface area contributed by atoms with Crippen LogP contribution in [0.4, 0.5) is 11.5 Å². The van der Waals surface area contributed by atoms with E-state index in [1.165, 1.54) is 0 Å². The maximum absolute atomic E-state index is 13.2. The first kappa shape index (κ1) is 19.4. The first-order valence-electron chi connectivity index (χ1n) is 9.29. The van der Waals surface area contributed by atoms with Gasteiger partial charge in [0, 0.05) is 24.3 Å². The Hall–Kier alpha value is -3.34.